The molecule has 2 amide bonds. The lowest BCUT2D eigenvalue weighted by Gasteiger charge is -2.13. The van der Waals surface area contributed by atoms with E-state index >= 15 is 0 Å². The number of ether oxygens (including phenoxy) is 20. The first-order valence-electron chi connectivity index (χ1n) is 42.3. The molecule has 738 valence electrons. The number of non-ortho nitro benzene ring substituents is 2. The summed E-state index contributed by atoms with van der Waals surface area (Å²) in [7, 11) is 0. The van der Waals surface area contributed by atoms with Gasteiger partial charge in [-0.25, -0.2) is 24.1 Å². The van der Waals surface area contributed by atoms with E-state index in [-0.39, 0.29) is 192 Å². The predicted molar refractivity (Wildman–Crippen MR) is 466 cm³/mol. The van der Waals surface area contributed by atoms with Gasteiger partial charge < -0.3 is 110 Å². The van der Waals surface area contributed by atoms with E-state index in [1.54, 1.807) is 6.08 Å². The standard InChI is InChI=1S/C36H55ClN2O17.C29H52ClNO13.C7H4ClNO4.C6H15N.C4H11NO3/c37-15-3-1-2-4-16-46-21-22-47-18-8-10-34(41)52-28-25-50-27-30-55-38-35(42)53-20-6-5-19-51-33(40)9-7-17-48-23-24-49-26-29-54-36(43)56-32-13-11-31(12-14-32)39(44)45;30-11-3-1-2-4-13-36-19-20-37-15-8-10-28(34)42-25-23-40-24-26-44-31-29(35)43-17-6-5-16-41-27(33)9-7-14-38-21-22-39-18-12-32;8-7(10)13-6-3-1-5(2-4-6)9(11)12;1-4-7(5-2)6-3;5-1-2-7-3-4-8-6/h5-6,11-14H,1-4,7-10,15-30H2,(H,38,42);5-6,32H,1-4,7-26H2,(H,31,35);1-4H;4-6H2,1-3H3;6H,1-5H2/b2*6-5+;;;. The molecule has 0 aromatic heterocycles. The van der Waals surface area contributed by atoms with Gasteiger partial charge in [-0.3, -0.25) is 54.3 Å². The summed E-state index contributed by atoms with van der Waals surface area (Å²) in [6.07, 6.45) is 15.1. The van der Waals surface area contributed by atoms with Gasteiger partial charge in [0.2, 0.25) is 0 Å². The number of rotatable bonds is 79. The van der Waals surface area contributed by atoms with E-state index in [0.29, 0.717) is 130 Å². The Hall–Kier alpha value is -7.97. The molecule has 2 rings (SSSR count). The highest BCUT2D eigenvalue weighted by Crippen LogP contribution is 2.19. The van der Waals surface area contributed by atoms with Crippen LogP contribution in [0, 0.1) is 20.2 Å². The number of nitrogens with one attached hydrogen (secondary N) is 2. The molecule has 0 aliphatic carbocycles. The van der Waals surface area contributed by atoms with Crippen molar-refractivity contribution < 1.29 is 168 Å². The number of halogens is 3. The molecule has 46 heteroatoms. The number of carbonyl (C=O) groups excluding carboxylic acids is 8. The molecule has 0 heterocycles. The van der Waals surface area contributed by atoms with Gasteiger partial charge in [-0.1, -0.05) is 46.5 Å². The van der Waals surface area contributed by atoms with Gasteiger partial charge in [0.25, 0.3) is 11.4 Å². The number of aliphatic hydroxyl groups excluding tert-OH is 1. The topological polar surface area (TPSA) is 529 Å². The third-order valence-corrected chi connectivity index (χ3v) is 15.8. The minimum Gasteiger partial charge on any atom is -0.463 e. The Bertz CT molecular complexity index is 3030. The van der Waals surface area contributed by atoms with Crippen LogP contribution in [0.5, 0.6) is 11.5 Å². The normalized spacial score (nSPS) is 10.7. The van der Waals surface area contributed by atoms with Crippen LogP contribution in [0.25, 0.3) is 0 Å². The van der Waals surface area contributed by atoms with Gasteiger partial charge in [0.15, 0.2) is 0 Å². The molecule has 2 aromatic carbocycles. The smallest absolute Gasteiger partial charge is 0.463 e. The van der Waals surface area contributed by atoms with Crippen LogP contribution in [0.4, 0.5) is 30.6 Å². The fourth-order valence-electron chi connectivity index (χ4n) is 8.76. The van der Waals surface area contributed by atoms with Crippen LogP contribution < -0.4 is 26.2 Å². The van der Waals surface area contributed by atoms with E-state index in [9.17, 15) is 58.6 Å². The average molecular weight is 1910 g/mol. The number of hydrogen-bond acceptors (Lipinski definition) is 39. The second kappa shape index (κ2) is 99.6. The number of aliphatic hydroxyl groups is 1. The lowest BCUT2D eigenvalue weighted by atomic mass is 10.2. The highest BCUT2D eigenvalue weighted by Gasteiger charge is 2.13. The van der Waals surface area contributed by atoms with E-state index in [1.165, 1.54) is 86.4 Å². The Morgan fingerprint density at radius 2 is 0.672 bits per heavy atom. The lowest BCUT2D eigenvalue weighted by molar-refractivity contribution is -0.385. The maximum atomic E-state index is 11.8. The molecule has 0 bridgehead atoms. The third kappa shape index (κ3) is 95.6. The van der Waals surface area contributed by atoms with Crippen molar-refractivity contribution in [2.45, 2.75) is 124 Å². The van der Waals surface area contributed by atoms with Crippen molar-refractivity contribution in [2.75, 3.05) is 256 Å². The van der Waals surface area contributed by atoms with Crippen molar-refractivity contribution in [3.8, 4) is 11.5 Å². The van der Waals surface area contributed by atoms with Crippen molar-refractivity contribution in [1.82, 2.24) is 15.9 Å². The number of nitro benzene ring substituents is 2. The maximum absolute atomic E-state index is 11.8. The number of nitrogens with two attached hydrogens (primary N) is 1. The van der Waals surface area contributed by atoms with Crippen LogP contribution in [0.3, 0.4) is 0 Å². The molecule has 128 heavy (non-hydrogen) atoms. The van der Waals surface area contributed by atoms with E-state index in [0.717, 1.165) is 58.0 Å². The Balaban J connectivity index is -0.00000189. The Morgan fingerprint density at radius 1 is 0.375 bits per heavy atom. The summed E-state index contributed by atoms with van der Waals surface area (Å²) in [5.74, 6) is 0.254. The minimum atomic E-state index is -0.978. The van der Waals surface area contributed by atoms with E-state index < -0.39 is 39.6 Å². The summed E-state index contributed by atoms with van der Waals surface area (Å²) in [6.45, 7) is 19.5. The lowest BCUT2D eigenvalue weighted by Crippen LogP contribution is -2.26. The fraction of sp³-hybridized carbons (Fsp3) is 0.707. The van der Waals surface area contributed by atoms with Crippen molar-refractivity contribution in [3.05, 3.63) is 93.1 Å². The molecule has 0 fully saturated rings. The SMILES string of the molecule is CCN(CC)CC.NCCOCCOO.O=C(CCCOCCOCCO)OC/C=C/COC(=O)NOCCOCCOC(=O)CCCOCCOCCCCCCCl.O=C(CCCOCCOCCOC(=O)Oc1ccc([N+](=O)[O-])cc1)OC/C=C/COC(=O)NOCCOCCOC(=O)CCCOCCOCCCCCCCl.O=C(Cl)Oc1ccc([N+](=O)[O-])cc1. The van der Waals surface area contributed by atoms with Gasteiger partial charge in [-0.15, -0.1) is 23.2 Å². The molecule has 0 saturated carbocycles. The van der Waals surface area contributed by atoms with Gasteiger partial charge in [0.1, 0.15) is 64.4 Å². The number of nitrogens with zero attached hydrogens (tertiary/aromatic N) is 3. The summed E-state index contributed by atoms with van der Waals surface area (Å²) < 4.78 is 102. The molecule has 2 aromatic rings. The molecular formula is C82H137Cl3N6O37. The molecule has 0 atom stereocenters. The van der Waals surface area contributed by atoms with Gasteiger partial charge in [0, 0.05) is 119 Å². The van der Waals surface area contributed by atoms with Crippen LogP contribution in [-0.4, -0.2) is 329 Å². The molecule has 0 unspecified atom stereocenters. The molecular weight excluding hydrogens is 1770 g/mol. The van der Waals surface area contributed by atoms with Crippen molar-refractivity contribution in [1.29, 1.82) is 0 Å². The highest BCUT2D eigenvalue weighted by atomic mass is 35.5. The van der Waals surface area contributed by atoms with Gasteiger partial charge in [0.05, 0.1) is 135 Å². The van der Waals surface area contributed by atoms with Crippen LogP contribution in [-0.2, 0) is 119 Å². The molecule has 0 saturated heterocycles. The maximum Gasteiger partial charge on any atom is 0.513 e. The quantitative estimate of drug-likeness (QED) is 0.00392. The second-order valence-electron chi connectivity index (χ2n) is 25.2. The monoisotopic (exact) mass is 1900 g/mol. The first kappa shape index (κ1) is 124. The van der Waals surface area contributed by atoms with Gasteiger partial charge in [-0.2, -0.15) is 11.0 Å². The number of hydroxylamine groups is 2. The van der Waals surface area contributed by atoms with Crippen LogP contribution in [0.2, 0.25) is 0 Å². The van der Waals surface area contributed by atoms with Gasteiger partial charge >= 0.3 is 47.6 Å². The Labute approximate surface area is 763 Å². The molecule has 6 N–H and O–H groups in total. The Morgan fingerprint density at radius 3 is 1.00 bits per heavy atom. The summed E-state index contributed by atoms with van der Waals surface area (Å²) in [5, 5.41) is 37.2. The second-order valence-corrected chi connectivity index (χ2v) is 26.3. The number of amides is 2. The molecule has 0 radical (unpaired) electrons. The third-order valence-electron chi connectivity index (χ3n) is 15.2. The average Bonchev–Trinajstić information content (AvgIpc) is 0.893. The number of alkyl halides is 2. The van der Waals surface area contributed by atoms with E-state index in [1.807, 2.05) is 0 Å². The Kier molecular flexibility index (Phi) is 96.6. The first-order chi connectivity index (χ1) is 62.3. The number of benzene rings is 2. The zero-order valence-electron chi connectivity index (χ0n) is 74.1. The number of unbranched alkanes of at least 4 members (excludes halogenated alkanes) is 6. The summed E-state index contributed by atoms with van der Waals surface area (Å²) in [6, 6.07) is 9.98. The summed E-state index contributed by atoms with van der Waals surface area (Å²) in [4.78, 5) is 128. The van der Waals surface area contributed by atoms with E-state index in [4.69, 9.17) is 151 Å². The fourth-order valence-corrected chi connectivity index (χ4v) is 9.23. The van der Waals surface area contributed by atoms with Crippen molar-refractivity contribution in [3.63, 3.8) is 0 Å². The highest BCUT2D eigenvalue weighted by molar-refractivity contribution is 6.61. The molecule has 0 aliphatic rings. The zero-order chi connectivity index (χ0) is 94.7. The van der Waals surface area contributed by atoms with E-state index in [2.05, 4.69) is 46.3 Å². The number of nitro groups is 2. The van der Waals surface area contributed by atoms with Crippen molar-refractivity contribution >= 4 is 93.8 Å². The van der Waals surface area contributed by atoms with Crippen LogP contribution >= 0.6 is 34.8 Å². The number of carbonyl (C=O) groups is 8. The summed E-state index contributed by atoms with van der Waals surface area (Å²) >= 11 is 16.2. The van der Waals surface area contributed by atoms with Crippen LogP contribution in [0.1, 0.15) is 124 Å². The molecule has 0 spiro atoms. The molecule has 0 aliphatic heterocycles. The minimum absolute atomic E-state index is 0.00622. The largest absolute Gasteiger partial charge is 0.513 e. The van der Waals surface area contributed by atoms with Crippen molar-refractivity contribution in [2.24, 2.45) is 5.73 Å². The van der Waals surface area contributed by atoms with Gasteiger partial charge in [-0.05, 0) is 120 Å². The number of hydrogen-bond donors (Lipinski definition) is 5. The first-order valence-corrected chi connectivity index (χ1v) is 43.7. The predicted octanol–water partition coefficient (Wildman–Crippen LogP) is 10.7. The van der Waals surface area contributed by atoms with Crippen LogP contribution in [0.15, 0.2) is 72.8 Å². The summed E-state index contributed by atoms with van der Waals surface area (Å²) in [5.41, 5.74) is 8.10. The zero-order valence-corrected chi connectivity index (χ0v) is 76.3. The number of esters is 4. The molecule has 43 nitrogen and oxygen atoms in total.